The minimum atomic E-state index is 0.232. The van der Waals surface area contributed by atoms with Gasteiger partial charge in [-0.25, -0.2) is 9.97 Å². The van der Waals surface area contributed by atoms with Crippen LogP contribution in [-0.2, 0) is 0 Å². The van der Waals surface area contributed by atoms with Crippen molar-refractivity contribution in [2.75, 3.05) is 5.32 Å². The van der Waals surface area contributed by atoms with Crippen molar-refractivity contribution in [3.05, 3.63) is 45.8 Å². The van der Waals surface area contributed by atoms with E-state index in [0.717, 1.165) is 27.7 Å². The van der Waals surface area contributed by atoms with Crippen molar-refractivity contribution in [2.24, 2.45) is 0 Å². The van der Waals surface area contributed by atoms with Crippen LogP contribution in [0.5, 0.6) is 0 Å². The summed E-state index contributed by atoms with van der Waals surface area (Å²) in [6.07, 6.45) is 1.45. The normalized spacial score (nSPS) is 10.8. The first-order valence-corrected chi connectivity index (χ1v) is 6.78. The average molecular weight is 296 g/mol. The number of benzene rings is 1. The molecule has 0 bridgehead atoms. The number of nitrogens with zero attached hydrogens (tertiary/aromatic N) is 2. The van der Waals surface area contributed by atoms with Crippen LogP contribution in [-0.4, -0.2) is 9.97 Å². The highest BCUT2D eigenvalue weighted by Gasteiger charge is 2.14. The molecule has 1 aromatic heterocycles. The Hall–Kier alpha value is -1.32. The average Bonchev–Trinajstić information content (AvgIpc) is 2.34. The number of hydrogen-bond donors (Lipinski definition) is 1. The van der Waals surface area contributed by atoms with Crippen LogP contribution < -0.4 is 5.32 Å². The fourth-order valence-electron chi connectivity index (χ4n) is 1.86. The molecular weight excluding hydrogens is 281 g/mol. The zero-order valence-corrected chi connectivity index (χ0v) is 12.5. The summed E-state index contributed by atoms with van der Waals surface area (Å²) in [6.45, 7) is 6.07. The molecule has 19 heavy (non-hydrogen) atoms. The van der Waals surface area contributed by atoms with Crippen molar-refractivity contribution in [1.29, 1.82) is 0 Å². The zero-order chi connectivity index (χ0) is 14.0. The van der Waals surface area contributed by atoms with Gasteiger partial charge in [0.05, 0.1) is 0 Å². The second kappa shape index (κ2) is 5.76. The van der Waals surface area contributed by atoms with E-state index >= 15 is 0 Å². The second-order valence-electron chi connectivity index (χ2n) is 4.62. The molecule has 0 unspecified atom stereocenters. The topological polar surface area (TPSA) is 37.8 Å². The van der Waals surface area contributed by atoms with Crippen LogP contribution in [0.4, 0.5) is 11.5 Å². The number of aromatic nitrogens is 2. The third-order valence-electron chi connectivity index (χ3n) is 2.93. The van der Waals surface area contributed by atoms with E-state index in [2.05, 4.69) is 29.1 Å². The van der Waals surface area contributed by atoms with Gasteiger partial charge in [-0.3, -0.25) is 0 Å². The van der Waals surface area contributed by atoms with Crippen LogP contribution in [0, 0.1) is 6.92 Å². The van der Waals surface area contributed by atoms with Gasteiger partial charge in [-0.2, -0.15) is 0 Å². The van der Waals surface area contributed by atoms with Crippen molar-refractivity contribution in [2.45, 2.75) is 26.7 Å². The molecule has 0 aliphatic rings. The highest BCUT2D eigenvalue weighted by atomic mass is 35.5. The summed E-state index contributed by atoms with van der Waals surface area (Å²) < 4.78 is 0. The maximum atomic E-state index is 6.14. The summed E-state index contributed by atoms with van der Waals surface area (Å²) in [5.41, 5.74) is 2.81. The highest BCUT2D eigenvalue weighted by Crippen LogP contribution is 2.32. The van der Waals surface area contributed by atoms with Gasteiger partial charge in [-0.15, -0.1) is 0 Å². The summed E-state index contributed by atoms with van der Waals surface area (Å²) in [5, 5.41) is 4.48. The Morgan fingerprint density at radius 2 is 1.89 bits per heavy atom. The van der Waals surface area contributed by atoms with Gasteiger partial charge in [0, 0.05) is 16.3 Å². The summed E-state index contributed by atoms with van der Waals surface area (Å²) in [7, 11) is 0. The van der Waals surface area contributed by atoms with E-state index < -0.39 is 0 Å². The molecule has 0 aliphatic heterocycles. The molecule has 0 amide bonds. The lowest BCUT2D eigenvalue weighted by atomic mass is 10.1. The SMILES string of the molecule is Cc1c(Cl)cccc1Nc1ncnc(Cl)c1C(C)C. The first-order chi connectivity index (χ1) is 9.00. The minimum absolute atomic E-state index is 0.232. The van der Waals surface area contributed by atoms with E-state index in [-0.39, 0.29) is 5.92 Å². The molecule has 5 heteroatoms. The van der Waals surface area contributed by atoms with Gasteiger partial charge in [0.25, 0.3) is 0 Å². The lowest BCUT2D eigenvalue weighted by Gasteiger charge is -2.16. The second-order valence-corrected chi connectivity index (χ2v) is 5.38. The molecule has 0 spiro atoms. The molecular formula is C14H15Cl2N3. The van der Waals surface area contributed by atoms with Gasteiger partial charge in [0.15, 0.2) is 0 Å². The van der Waals surface area contributed by atoms with Crippen LogP contribution >= 0.6 is 23.2 Å². The van der Waals surface area contributed by atoms with E-state index in [4.69, 9.17) is 23.2 Å². The molecule has 1 heterocycles. The molecule has 0 fully saturated rings. The van der Waals surface area contributed by atoms with E-state index in [1.807, 2.05) is 25.1 Å². The van der Waals surface area contributed by atoms with Crippen LogP contribution in [0.25, 0.3) is 0 Å². The quantitative estimate of drug-likeness (QED) is 0.813. The number of hydrogen-bond acceptors (Lipinski definition) is 3. The monoisotopic (exact) mass is 295 g/mol. The van der Waals surface area contributed by atoms with Gasteiger partial charge < -0.3 is 5.32 Å². The number of nitrogens with one attached hydrogen (secondary N) is 1. The van der Waals surface area contributed by atoms with Gasteiger partial charge in [-0.1, -0.05) is 43.1 Å². The first kappa shape index (κ1) is 14.1. The molecule has 2 aromatic rings. The molecule has 1 N–H and O–H groups in total. The molecule has 0 aliphatic carbocycles. The third-order valence-corrected chi connectivity index (χ3v) is 3.64. The maximum Gasteiger partial charge on any atom is 0.138 e. The Labute approximate surface area is 123 Å². The molecule has 100 valence electrons. The van der Waals surface area contributed by atoms with Crippen LogP contribution in [0.3, 0.4) is 0 Å². The zero-order valence-electron chi connectivity index (χ0n) is 11.0. The first-order valence-electron chi connectivity index (χ1n) is 6.03. The molecule has 3 nitrogen and oxygen atoms in total. The fraction of sp³-hybridized carbons (Fsp3) is 0.286. The van der Waals surface area contributed by atoms with E-state index in [0.29, 0.717) is 5.15 Å². The fourth-order valence-corrected chi connectivity index (χ4v) is 2.38. The van der Waals surface area contributed by atoms with Crippen LogP contribution in [0.2, 0.25) is 10.2 Å². The van der Waals surface area contributed by atoms with Crippen LogP contribution in [0.15, 0.2) is 24.5 Å². The Morgan fingerprint density at radius 3 is 2.58 bits per heavy atom. The van der Waals surface area contributed by atoms with Crippen molar-refractivity contribution < 1.29 is 0 Å². The Balaban J connectivity index is 2.44. The van der Waals surface area contributed by atoms with Crippen molar-refractivity contribution in [3.8, 4) is 0 Å². The molecule has 0 radical (unpaired) electrons. The molecule has 0 saturated heterocycles. The Kier molecular flexibility index (Phi) is 4.27. The van der Waals surface area contributed by atoms with E-state index in [1.165, 1.54) is 6.33 Å². The number of anilines is 2. The molecule has 2 rings (SSSR count). The Morgan fingerprint density at radius 1 is 1.16 bits per heavy atom. The smallest absolute Gasteiger partial charge is 0.138 e. The third kappa shape index (κ3) is 2.99. The van der Waals surface area contributed by atoms with E-state index in [9.17, 15) is 0 Å². The predicted octanol–water partition coefficient (Wildman–Crippen LogP) is 4.96. The lowest BCUT2D eigenvalue weighted by Crippen LogP contribution is -2.04. The summed E-state index contributed by atoms with van der Waals surface area (Å²) in [5.74, 6) is 0.955. The summed E-state index contributed by atoms with van der Waals surface area (Å²) >= 11 is 12.3. The van der Waals surface area contributed by atoms with Gasteiger partial charge >= 0.3 is 0 Å². The predicted molar refractivity (Wildman–Crippen MR) is 80.6 cm³/mol. The highest BCUT2D eigenvalue weighted by molar-refractivity contribution is 6.31. The number of rotatable bonds is 3. The summed E-state index contributed by atoms with van der Waals surface area (Å²) in [6, 6.07) is 5.72. The van der Waals surface area contributed by atoms with Gasteiger partial charge in [0.1, 0.15) is 17.3 Å². The molecule has 0 atom stereocenters. The van der Waals surface area contributed by atoms with E-state index in [1.54, 1.807) is 0 Å². The van der Waals surface area contributed by atoms with Crippen molar-refractivity contribution in [3.63, 3.8) is 0 Å². The Bertz CT molecular complexity index is 597. The summed E-state index contributed by atoms with van der Waals surface area (Å²) in [4.78, 5) is 8.31. The minimum Gasteiger partial charge on any atom is -0.340 e. The number of halogens is 2. The maximum absolute atomic E-state index is 6.14. The molecule has 1 aromatic carbocycles. The molecule has 0 saturated carbocycles. The largest absolute Gasteiger partial charge is 0.340 e. The standard InChI is InChI=1S/C14H15Cl2N3/c1-8(2)12-13(16)17-7-18-14(12)19-11-6-4-5-10(15)9(11)3/h4-8H,1-3H3,(H,17,18,19). The van der Waals surface area contributed by atoms with Crippen molar-refractivity contribution >= 4 is 34.7 Å². The lowest BCUT2D eigenvalue weighted by molar-refractivity contribution is 0.850. The van der Waals surface area contributed by atoms with Crippen LogP contribution in [0.1, 0.15) is 30.9 Å². The van der Waals surface area contributed by atoms with Gasteiger partial charge in [-0.05, 0) is 30.5 Å². The van der Waals surface area contributed by atoms with Gasteiger partial charge in [0.2, 0.25) is 0 Å². The van der Waals surface area contributed by atoms with Crippen molar-refractivity contribution in [1.82, 2.24) is 9.97 Å².